The topological polar surface area (TPSA) is 62.3 Å². The molecule has 1 saturated heterocycles. The molecule has 1 aliphatic rings. The summed E-state index contributed by atoms with van der Waals surface area (Å²) in [4.78, 5) is 29.4. The Morgan fingerprint density at radius 2 is 2.25 bits per heavy atom. The molecule has 0 spiro atoms. The van der Waals surface area contributed by atoms with E-state index < -0.39 is 0 Å². The van der Waals surface area contributed by atoms with Crippen molar-refractivity contribution in [2.24, 2.45) is 0 Å². The third-order valence-corrected chi connectivity index (χ3v) is 4.38. The van der Waals surface area contributed by atoms with Crippen LogP contribution in [0.5, 0.6) is 0 Å². The predicted octanol–water partition coefficient (Wildman–Crippen LogP) is 1.19. The molecule has 3 rings (SSSR count). The molecule has 2 heterocycles. The Morgan fingerprint density at radius 1 is 1.40 bits per heavy atom. The van der Waals surface area contributed by atoms with Crippen LogP contribution in [0.15, 0.2) is 24.3 Å². The Morgan fingerprint density at radius 3 is 3.05 bits per heavy atom. The van der Waals surface area contributed by atoms with Gasteiger partial charge in [-0.3, -0.25) is 9.59 Å². The first-order chi connectivity index (χ1) is 9.72. The molecule has 0 unspecified atom stereocenters. The first-order valence-electron chi connectivity index (χ1n) is 6.61. The summed E-state index contributed by atoms with van der Waals surface area (Å²) in [5, 5.41) is 3.69. The Kier molecular flexibility index (Phi) is 3.64. The summed E-state index contributed by atoms with van der Waals surface area (Å²) in [5.74, 6) is -0.0521. The van der Waals surface area contributed by atoms with Crippen LogP contribution >= 0.6 is 11.3 Å². The van der Waals surface area contributed by atoms with Crippen LogP contribution in [0.2, 0.25) is 0 Å². The number of amides is 2. The van der Waals surface area contributed by atoms with Crippen LogP contribution in [-0.4, -0.2) is 41.3 Å². The molecule has 1 aromatic heterocycles. The summed E-state index contributed by atoms with van der Waals surface area (Å²) in [6.45, 7) is 1.33. The minimum Gasteiger partial charge on any atom is -0.353 e. The van der Waals surface area contributed by atoms with Crippen LogP contribution in [0, 0.1) is 0 Å². The van der Waals surface area contributed by atoms with E-state index in [0.29, 0.717) is 25.9 Å². The lowest BCUT2D eigenvalue weighted by molar-refractivity contribution is -0.138. The first-order valence-corrected chi connectivity index (χ1v) is 7.43. The van der Waals surface area contributed by atoms with Crippen LogP contribution in [0.4, 0.5) is 0 Å². The van der Waals surface area contributed by atoms with Gasteiger partial charge in [0, 0.05) is 25.9 Å². The van der Waals surface area contributed by atoms with Gasteiger partial charge < -0.3 is 10.2 Å². The molecule has 0 saturated carbocycles. The number of aromatic nitrogens is 1. The van der Waals surface area contributed by atoms with E-state index in [0.717, 1.165) is 15.2 Å². The van der Waals surface area contributed by atoms with Crippen molar-refractivity contribution in [1.29, 1.82) is 0 Å². The molecule has 1 fully saturated rings. The SMILES string of the molecule is O=C1CN(C(=O)CCc2nc3ccccc3s2)CCN1. The third kappa shape index (κ3) is 2.80. The van der Waals surface area contributed by atoms with E-state index in [-0.39, 0.29) is 18.4 Å². The highest BCUT2D eigenvalue weighted by Crippen LogP contribution is 2.22. The van der Waals surface area contributed by atoms with Crippen LogP contribution in [0.1, 0.15) is 11.4 Å². The lowest BCUT2D eigenvalue weighted by atomic mass is 10.2. The number of benzene rings is 1. The summed E-state index contributed by atoms with van der Waals surface area (Å²) >= 11 is 1.63. The van der Waals surface area contributed by atoms with E-state index in [2.05, 4.69) is 10.3 Å². The highest BCUT2D eigenvalue weighted by molar-refractivity contribution is 7.18. The van der Waals surface area contributed by atoms with Crippen LogP contribution in [0.25, 0.3) is 10.2 Å². The van der Waals surface area contributed by atoms with Gasteiger partial charge in [0.05, 0.1) is 21.8 Å². The maximum Gasteiger partial charge on any atom is 0.239 e. The van der Waals surface area contributed by atoms with Gasteiger partial charge in [0.15, 0.2) is 0 Å². The molecule has 0 bridgehead atoms. The van der Waals surface area contributed by atoms with E-state index in [4.69, 9.17) is 0 Å². The van der Waals surface area contributed by atoms with Gasteiger partial charge in [0.2, 0.25) is 11.8 Å². The minimum atomic E-state index is -0.0791. The summed E-state index contributed by atoms with van der Waals surface area (Å²) in [5.41, 5.74) is 0.984. The average Bonchev–Trinajstić information content (AvgIpc) is 2.87. The smallest absolute Gasteiger partial charge is 0.239 e. The second-order valence-corrected chi connectivity index (χ2v) is 5.86. The Labute approximate surface area is 120 Å². The largest absolute Gasteiger partial charge is 0.353 e. The van der Waals surface area contributed by atoms with Gasteiger partial charge in [-0.1, -0.05) is 12.1 Å². The molecule has 1 aliphatic heterocycles. The molecule has 0 atom stereocenters. The van der Waals surface area contributed by atoms with Gasteiger partial charge in [-0.05, 0) is 12.1 Å². The van der Waals surface area contributed by atoms with Crippen molar-refractivity contribution in [1.82, 2.24) is 15.2 Å². The van der Waals surface area contributed by atoms with Crippen molar-refractivity contribution in [3.63, 3.8) is 0 Å². The van der Waals surface area contributed by atoms with Crippen LogP contribution in [0.3, 0.4) is 0 Å². The van der Waals surface area contributed by atoms with Crippen molar-refractivity contribution < 1.29 is 9.59 Å². The van der Waals surface area contributed by atoms with E-state index in [1.165, 1.54) is 0 Å². The molecule has 2 aromatic rings. The number of thiazole rings is 1. The van der Waals surface area contributed by atoms with E-state index in [1.807, 2.05) is 24.3 Å². The number of carbonyl (C=O) groups excluding carboxylic acids is 2. The second kappa shape index (κ2) is 5.58. The summed E-state index contributed by atoms with van der Waals surface area (Å²) < 4.78 is 1.15. The quantitative estimate of drug-likeness (QED) is 0.923. The van der Waals surface area contributed by atoms with E-state index >= 15 is 0 Å². The zero-order valence-electron chi connectivity index (χ0n) is 11.0. The van der Waals surface area contributed by atoms with Gasteiger partial charge in [0.25, 0.3) is 0 Å². The molecular weight excluding hydrogens is 274 g/mol. The van der Waals surface area contributed by atoms with Crippen molar-refractivity contribution in [2.45, 2.75) is 12.8 Å². The summed E-state index contributed by atoms with van der Waals surface area (Å²) in [6, 6.07) is 7.96. The molecule has 6 heteroatoms. The lowest BCUT2D eigenvalue weighted by Gasteiger charge is -2.26. The number of hydrogen-bond donors (Lipinski definition) is 1. The third-order valence-electron chi connectivity index (χ3n) is 3.28. The van der Waals surface area contributed by atoms with Crippen LogP contribution < -0.4 is 5.32 Å². The van der Waals surface area contributed by atoms with Crippen molar-refractivity contribution >= 4 is 33.4 Å². The monoisotopic (exact) mass is 289 g/mol. The van der Waals surface area contributed by atoms with Crippen molar-refractivity contribution in [3.05, 3.63) is 29.3 Å². The predicted molar refractivity (Wildman–Crippen MR) is 77.5 cm³/mol. The molecule has 5 nitrogen and oxygen atoms in total. The van der Waals surface area contributed by atoms with Crippen molar-refractivity contribution in [2.75, 3.05) is 19.6 Å². The number of nitrogens with one attached hydrogen (secondary N) is 1. The maximum atomic E-state index is 12.1. The fourth-order valence-corrected chi connectivity index (χ4v) is 3.22. The number of aryl methyl sites for hydroxylation is 1. The number of nitrogens with zero attached hydrogens (tertiary/aromatic N) is 2. The number of fused-ring (bicyclic) bond motifs is 1. The summed E-state index contributed by atoms with van der Waals surface area (Å²) in [7, 11) is 0. The second-order valence-electron chi connectivity index (χ2n) is 4.74. The lowest BCUT2D eigenvalue weighted by Crippen LogP contribution is -2.50. The highest BCUT2D eigenvalue weighted by atomic mass is 32.1. The van der Waals surface area contributed by atoms with E-state index in [1.54, 1.807) is 16.2 Å². The number of para-hydroxylation sites is 1. The number of carbonyl (C=O) groups is 2. The van der Waals surface area contributed by atoms with E-state index in [9.17, 15) is 9.59 Å². The fraction of sp³-hybridized carbons (Fsp3) is 0.357. The molecule has 0 radical (unpaired) electrons. The Balaban J connectivity index is 1.61. The molecule has 104 valence electrons. The standard InChI is InChI=1S/C14H15N3O2S/c18-12-9-17(8-7-15-12)14(19)6-5-13-16-10-3-1-2-4-11(10)20-13/h1-4H,5-9H2,(H,15,18). The molecule has 2 amide bonds. The first kappa shape index (κ1) is 13.1. The van der Waals surface area contributed by atoms with Crippen LogP contribution in [-0.2, 0) is 16.0 Å². The van der Waals surface area contributed by atoms with Gasteiger partial charge in [-0.25, -0.2) is 4.98 Å². The zero-order valence-corrected chi connectivity index (χ0v) is 11.8. The maximum absolute atomic E-state index is 12.1. The number of hydrogen-bond acceptors (Lipinski definition) is 4. The molecule has 20 heavy (non-hydrogen) atoms. The fourth-order valence-electron chi connectivity index (χ4n) is 2.25. The summed E-state index contributed by atoms with van der Waals surface area (Å²) in [6.07, 6.45) is 1.05. The number of piperazine rings is 1. The van der Waals surface area contributed by atoms with Gasteiger partial charge >= 0.3 is 0 Å². The number of rotatable bonds is 3. The highest BCUT2D eigenvalue weighted by Gasteiger charge is 2.20. The minimum absolute atomic E-state index is 0.0270. The Hall–Kier alpha value is -1.95. The Bertz CT molecular complexity index is 620. The van der Waals surface area contributed by atoms with Gasteiger partial charge in [-0.2, -0.15) is 0 Å². The zero-order chi connectivity index (χ0) is 13.9. The molecular formula is C14H15N3O2S. The van der Waals surface area contributed by atoms with Gasteiger partial charge in [-0.15, -0.1) is 11.3 Å². The van der Waals surface area contributed by atoms with Crippen molar-refractivity contribution in [3.8, 4) is 0 Å². The molecule has 1 aromatic carbocycles. The molecule has 0 aliphatic carbocycles. The molecule has 1 N–H and O–H groups in total. The van der Waals surface area contributed by atoms with Gasteiger partial charge in [0.1, 0.15) is 0 Å². The normalized spacial score (nSPS) is 15.4. The average molecular weight is 289 g/mol.